The molecule has 1 aliphatic heterocycles. The van der Waals surface area contributed by atoms with Gasteiger partial charge in [-0.25, -0.2) is 0 Å². The van der Waals surface area contributed by atoms with Gasteiger partial charge in [0.2, 0.25) is 5.91 Å². The summed E-state index contributed by atoms with van der Waals surface area (Å²) in [5.41, 5.74) is 4.57. The van der Waals surface area contributed by atoms with E-state index in [2.05, 4.69) is 46.8 Å². The van der Waals surface area contributed by atoms with Crippen molar-refractivity contribution in [1.29, 1.82) is 0 Å². The van der Waals surface area contributed by atoms with Crippen LogP contribution in [0.25, 0.3) is 0 Å². The maximum atomic E-state index is 12.8. The van der Waals surface area contributed by atoms with E-state index in [0.717, 1.165) is 36.1 Å². The van der Waals surface area contributed by atoms with E-state index in [1.54, 1.807) is 4.90 Å². The Kier molecular flexibility index (Phi) is 6.64. The van der Waals surface area contributed by atoms with E-state index < -0.39 is 5.92 Å². The molecule has 1 atom stereocenters. The lowest BCUT2D eigenvalue weighted by Crippen LogP contribution is -2.29. The number of esters is 1. The topological polar surface area (TPSA) is 46.6 Å². The van der Waals surface area contributed by atoms with Crippen molar-refractivity contribution in [3.8, 4) is 5.75 Å². The third-order valence-electron chi connectivity index (χ3n) is 6.43. The predicted molar refractivity (Wildman–Crippen MR) is 121 cm³/mol. The first kappa shape index (κ1) is 22.1. The van der Waals surface area contributed by atoms with Crippen LogP contribution < -0.4 is 9.64 Å². The highest BCUT2D eigenvalue weighted by Gasteiger charge is 2.37. The smallest absolute Gasteiger partial charge is 0.316 e. The third-order valence-corrected chi connectivity index (χ3v) is 6.43. The van der Waals surface area contributed by atoms with Crippen molar-refractivity contribution in [1.82, 2.24) is 0 Å². The Bertz CT molecular complexity index is 892. The van der Waals surface area contributed by atoms with Gasteiger partial charge in [0.25, 0.3) is 0 Å². The molecular formula is C26H33NO3. The Morgan fingerprint density at radius 2 is 1.63 bits per heavy atom. The number of carbonyl (C=O) groups is 2. The Morgan fingerprint density at radius 3 is 2.17 bits per heavy atom. The van der Waals surface area contributed by atoms with Crippen molar-refractivity contribution in [2.24, 2.45) is 5.92 Å². The van der Waals surface area contributed by atoms with E-state index in [1.807, 2.05) is 30.3 Å². The second kappa shape index (κ2) is 9.03. The normalized spacial score (nSPS) is 16.8. The van der Waals surface area contributed by atoms with E-state index in [-0.39, 0.29) is 23.7 Å². The molecule has 0 radical (unpaired) electrons. The highest BCUT2D eigenvalue weighted by molar-refractivity contribution is 6.00. The summed E-state index contributed by atoms with van der Waals surface area (Å²) in [6, 6.07) is 13.9. The molecule has 1 saturated heterocycles. The molecule has 4 heteroatoms. The molecule has 1 fully saturated rings. The molecule has 0 spiro atoms. The molecule has 160 valence electrons. The van der Waals surface area contributed by atoms with Gasteiger partial charge < -0.3 is 9.64 Å². The predicted octanol–water partition coefficient (Wildman–Crippen LogP) is 5.46. The summed E-state index contributed by atoms with van der Waals surface area (Å²) in [5, 5.41) is 0. The minimum atomic E-state index is -0.445. The van der Waals surface area contributed by atoms with Crippen molar-refractivity contribution in [2.45, 2.75) is 65.7 Å². The van der Waals surface area contributed by atoms with Gasteiger partial charge in [0.15, 0.2) is 0 Å². The zero-order valence-electron chi connectivity index (χ0n) is 18.8. The fraction of sp³-hybridized carbons (Fsp3) is 0.462. The Balaban J connectivity index is 1.73. The van der Waals surface area contributed by atoms with Gasteiger partial charge in [0, 0.05) is 18.7 Å². The summed E-state index contributed by atoms with van der Waals surface area (Å²) < 4.78 is 5.63. The Hall–Kier alpha value is -2.62. The van der Waals surface area contributed by atoms with Crippen LogP contribution in [0.3, 0.4) is 0 Å². The van der Waals surface area contributed by atoms with E-state index in [9.17, 15) is 9.59 Å². The van der Waals surface area contributed by atoms with Crippen LogP contribution in [0, 0.1) is 5.92 Å². The van der Waals surface area contributed by atoms with Crippen molar-refractivity contribution >= 4 is 17.6 Å². The van der Waals surface area contributed by atoms with Gasteiger partial charge >= 0.3 is 5.97 Å². The quantitative estimate of drug-likeness (QED) is 0.452. The van der Waals surface area contributed by atoms with Crippen LogP contribution in [0.1, 0.15) is 64.2 Å². The number of carbonyl (C=O) groups excluding carboxylic acids is 2. The van der Waals surface area contributed by atoms with Crippen LogP contribution in [-0.4, -0.2) is 18.4 Å². The van der Waals surface area contributed by atoms with Crippen LogP contribution >= 0.6 is 0 Å². The highest BCUT2D eigenvalue weighted by Crippen LogP contribution is 2.33. The second-order valence-corrected chi connectivity index (χ2v) is 8.72. The molecule has 1 amide bonds. The molecule has 4 nitrogen and oxygen atoms in total. The first-order chi connectivity index (χ1) is 14.3. The number of para-hydroxylation sites is 1. The number of ether oxygens (including phenoxy) is 1. The van der Waals surface area contributed by atoms with Crippen molar-refractivity contribution in [2.75, 3.05) is 11.4 Å². The average Bonchev–Trinajstić information content (AvgIpc) is 3.14. The van der Waals surface area contributed by atoms with Crippen molar-refractivity contribution < 1.29 is 14.3 Å². The fourth-order valence-electron chi connectivity index (χ4n) is 4.02. The molecule has 2 aromatic rings. The average molecular weight is 408 g/mol. The second-order valence-electron chi connectivity index (χ2n) is 8.72. The molecule has 30 heavy (non-hydrogen) atoms. The minimum Gasteiger partial charge on any atom is -0.426 e. The Labute approximate surface area is 180 Å². The number of amides is 1. The van der Waals surface area contributed by atoms with E-state index in [4.69, 9.17) is 4.74 Å². The van der Waals surface area contributed by atoms with Gasteiger partial charge in [0.1, 0.15) is 5.75 Å². The number of hydrogen-bond donors (Lipinski definition) is 0. The zero-order valence-corrected chi connectivity index (χ0v) is 18.8. The summed E-state index contributed by atoms with van der Waals surface area (Å²) >= 11 is 0. The number of nitrogens with zero attached hydrogens (tertiary/aromatic N) is 1. The van der Waals surface area contributed by atoms with Crippen LogP contribution in [0.2, 0.25) is 0 Å². The maximum Gasteiger partial charge on any atom is 0.316 e. The molecule has 0 aliphatic carbocycles. The van der Waals surface area contributed by atoms with Gasteiger partial charge in [-0.2, -0.15) is 0 Å². The molecule has 0 saturated carbocycles. The molecule has 1 aliphatic rings. The molecule has 3 rings (SSSR count). The van der Waals surface area contributed by atoms with Crippen LogP contribution in [0.4, 0.5) is 5.69 Å². The monoisotopic (exact) mass is 407 g/mol. The standard InChI is InChI=1S/C26H33NO3/c1-6-18-10-9-11-19(7-2)24(18)27-17-20(16-23(27)28)25(29)30-22-14-12-21(13-15-22)26(4,5)8-3/h9-15,20H,6-8,16-17H2,1-5H3/t20-/m0/s1. The SMILES string of the molecule is CCc1cccc(CC)c1N1C[C@@H](C(=O)Oc2ccc(C(C)(C)CC)cc2)CC1=O. The minimum absolute atomic E-state index is 0.00686. The number of aryl methyl sites for hydroxylation is 2. The van der Waals surface area contributed by atoms with Crippen molar-refractivity contribution in [3.05, 3.63) is 59.2 Å². The summed E-state index contributed by atoms with van der Waals surface area (Å²) in [7, 11) is 0. The molecule has 0 unspecified atom stereocenters. The molecule has 0 N–H and O–H groups in total. The summed E-state index contributed by atoms with van der Waals surface area (Å²) in [6.45, 7) is 11.1. The van der Waals surface area contributed by atoms with E-state index in [1.165, 1.54) is 5.56 Å². The molecule has 0 aromatic heterocycles. The molecule has 1 heterocycles. The lowest BCUT2D eigenvalue weighted by molar-refractivity contribution is -0.139. The highest BCUT2D eigenvalue weighted by atomic mass is 16.5. The zero-order chi connectivity index (χ0) is 21.9. The first-order valence-corrected chi connectivity index (χ1v) is 11.0. The Morgan fingerprint density at radius 1 is 1.03 bits per heavy atom. The summed E-state index contributed by atoms with van der Waals surface area (Å²) in [5.74, 6) is -0.253. The first-order valence-electron chi connectivity index (χ1n) is 11.0. The molecule has 2 aromatic carbocycles. The number of rotatable bonds is 7. The number of anilines is 1. The third kappa shape index (κ3) is 4.43. The summed E-state index contributed by atoms with van der Waals surface area (Å²) in [4.78, 5) is 27.4. The number of hydrogen-bond acceptors (Lipinski definition) is 3. The van der Waals surface area contributed by atoms with Gasteiger partial charge in [-0.15, -0.1) is 0 Å². The van der Waals surface area contributed by atoms with Gasteiger partial charge in [0.05, 0.1) is 5.92 Å². The van der Waals surface area contributed by atoms with Gasteiger partial charge in [-0.05, 0) is 53.5 Å². The van der Waals surface area contributed by atoms with Crippen LogP contribution in [-0.2, 0) is 27.8 Å². The lowest BCUT2D eigenvalue weighted by Gasteiger charge is -2.23. The van der Waals surface area contributed by atoms with Crippen molar-refractivity contribution in [3.63, 3.8) is 0 Å². The van der Waals surface area contributed by atoms with Gasteiger partial charge in [-0.1, -0.05) is 65.0 Å². The van der Waals surface area contributed by atoms with E-state index in [0.29, 0.717) is 12.3 Å². The maximum absolute atomic E-state index is 12.8. The van der Waals surface area contributed by atoms with Crippen LogP contribution in [0.5, 0.6) is 5.75 Å². The largest absolute Gasteiger partial charge is 0.426 e. The fourth-order valence-corrected chi connectivity index (χ4v) is 4.02. The van der Waals surface area contributed by atoms with Crippen LogP contribution in [0.15, 0.2) is 42.5 Å². The summed E-state index contributed by atoms with van der Waals surface area (Å²) in [6.07, 6.45) is 2.93. The lowest BCUT2D eigenvalue weighted by atomic mass is 9.82. The van der Waals surface area contributed by atoms with E-state index >= 15 is 0 Å². The molecular weight excluding hydrogens is 374 g/mol. The van der Waals surface area contributed by atoms with Gasteiger partial charge in [-0.3, -0.25) is 9.59 Å². The number of benzene rings is 2. The molecule has 0 bridgehead atoms.